The molecule has 0 aliphatic heterocycles. The van der Waals surface area contributed by atoms with Crippen molar-refractivity contribution in [2.75, 3.05) is 6.61 Å². The van der Waals surface area contributed by atoms with E-state index in [0.717, 1.165) is 0 Å². The summed E-state index contributed by atoms with van der Waals surface area (Å²) in [5.74, 6) is -1.15. The Kier molecular flexibility index (Phi) is 7.15. The maximum Gasteiger partial charge on any atom is 1.00 e. The van der Waals surface area contributed by atoms with Gasteiger partial charge in [-0.2, -0.15) is 0 Å². The molecule has 0 heterocycles. The zero-order valence-corrected chi connectivity index (χ0v) is 12.1. The van der Waals surface area contributed by atoms with E-state index in [1.807, 2.05) is 0 Å². The van der Waals surface area contributed by atoms with Gasteiger partial charge >= 0.3 is 18.9 Å². The van der Waals surface area contributed by atoms with Crippen LogP contribution >= 0.6 is 15.9 Å². The zero-order chi connectivity index (χ0) is 13.0. The molecule has 0 radical (unpaired) electrons. The van der Waals surface area contributed by atoms with Gasteiger partial charge in [-0.05, 0) is 31.7 Å². The molecule has 0 atom stereocenters. The van der Waals surface area contributed by atoms with Crippen LogP contribution in [0.25, 0.3) is 0 Å². The van der Waals surface area contributed by atoms with Crippen LogP contribution in [0.5, 0.6) is 5.75 Å². The van der Waals surface area contributed by atoms with Crippen molar-refractivity contribution in [1.29, 1.82) is 0 Å². The number of halogens is 1. The van der Waals surface area contributed by atoms with Gasteiger partial charge < -0.3 is 14.9 Å². The van der Waals surface area contributed by atoms with Gasteiger partial charge in [-0.1, -0.05) is 22.9 Å². The molecule has 0 amide bonds. The molecule has 0 fully saturated rings. The van der Waals surface area contributed by atoms with Crippen molar-refractivity contribution in [1.82, 2.24) is 0 Å². The molecular weight excluding hydrogens is 295 g/mol. The van der Waals surface area contributed by atoms with Gasteiger partial charge in [0.15, 0.2) is 5.78 Å². The van der Waals surface area contributed by atoms with E-state index in [2.05, 4.69) is 15.9 Å². The van der Waals surface area contributed by atoms with Crippen molar-refractivity contribution in [3.63, 3.8) is 0 Å². The number of carbonyl (C=O) groups excluding carboxylic acids is 1. The SMILES string of the molecule is CCOC([O-])=C(C)C(=O)c1cc(O)ccc1Br.[Li+]. The molecule has 0 spiro atoms. The predicted molar refractivity (Wildman–Crippen MR) is 64.5 cm³/mol. The number of benzene rings is 1. The second kappa shape index (κ2) is 7.52. The summed E-state index contributed by atoms with van der Waals surface area (Å²) in [4.78, 5) is 12.0. The van der Waals surface area contributed by atoms with Gasteiger partial charge in [0.1, 0.15) is 5.75 Å². The minimum absolute atomic E-state index is 0. The quantitative estimate of drug-likeness (QED) is 0.334. The van der Waals surface area contributed by atoms with Crippen molar-refractivity contribution < 1.29 is 38.6 Å². The van der Waals surface area contributed by atoms with E-state index >= 15 is 0 Å². The number of ketones is 1. The van der Waals surface area contributed by atoms with E-state index < -0.39 is 11.7 Å². The summed E-state index contributed by atoms with van der Waals surface area (Å²) in [6.45, 7) is 3.28. The Morgan fingerprint density at radius 3 is 2.67 bits per heavy atom. The Hall–Kier alpha value is -0.893. The van der Waals surface area contributed by atoms with Gasteiger partial charge in [0.2, 0.25) is 0 Å². The standard InChI is InChI=1S/C12H13BrO4.Li/c1-3-17-12(16)7(2)11(15)9-6-8(14)4-5-10(9)13;/h4-6,14,16H,3H2,1-2H3;/q;+1/p-1. The third kappa shape index (κ3) is 4.09. The summed E-state index contributed by atoms with van der Waals surface area (Å²) < 4.78 is 5.26. The summed E-state index contributed by atoms with van der Waals surface area (Å²) in [6.07, 6.45) is 0. The Balaban J connectivity index is 0.00000289. The van der Waals surface area contributed by atoms with Crippen molar-refractivity contribution in [3.8, 4) is 5.75 Å². The van der Waals surface area contributed by atoms with Crippen molar-refractivity contribution in [3.05, 3.63) is 39.8 Å². The third-order valence-electron chi connectivity index (χ3n) is 2.12. The Morgan fingerprint density at radius 1 is 1.50 bits per heavy atom. The normalized spacial score (nSPS) is 11.3. The fourth-order valence-electron chi connectivity index (χ4n) is 1.22. The smallest absolute Gasteiger partial charge is 0.613 e. The maximum absolute atomic E-state index is 12.0. The molecule has 1 rings (SSSR count). The van der Waals surface area contributed by atoms with Gasteiger partial charge in [-0.15, -0.1) is 0 Å². The van der Waals surface area contributed by atoms with Crippen LogP contribution in [0.1, 0.15) is 24.2 Å². The molecular formula is C12H12BrLiO4. The van der Waals surface area contributed by atoms with E-state index in [1.54, 1.807) is 13.0 Å². The first-order chi connectivity index (χ1) is 7.97. The van der Waals surface area contributed by atoms with Gasteiger partial charge in [0.25, 0.3) is 0 Å². The van der Waals surface area contributed by atoms with Crippen molar-refractivity contribution in [2.45, 2.75) is 13.8 Å². The number of phenolic OH excluding ortho intramolecular Hbond substituents is 1. The van der Waals surface area contributed by atoms with Crippen LogP contribution in [0.4, 0.5) is 0 Å². The van der Waals surface area contributed by atoms with Crippen LogP contribution in [-0.2, 0) is 4.74 Å². The van der Waals surface area contributed by atoms with E-state index in [9.17, 15) is 15.0 Å². The number of hydrogen-bond acceptors (Lipinski definition) is 4. The van der Waals surface area contributed by atoms with Crippen molar-refractivity contribution >= 4 is 21.7 Å². The topological polar surface area (TPSA) is 69.6 Å². The maximum atomic E-state index is 12.0. The van der Waals surface area contributed by atoms with Gasteiger partial charge in [-0.25, -0.2) is 0 Å². The van der Waals surface area contributed by atoms with E-state index in [4.69, 9.17) is 4.74 Å². The van der Waals surface area contributed by atoms with Crippen LogP contribution in [0.2, 0.25) is 0 Å². The Labute approximate surface area is 126 Å². The second-order valence-corrected chi connectivity index (χ2v) is 4.19. The Bertz CT molecular complexity index is 471. The summed E-state index contributed by atoms with van der Waals surface area (Å²) in [5.41, 5.74) is 0.216. The molecule has 0 saturated heterocycles. The van der Waals surface area contributed by atoms with Gasteiger partial charge in [0.05, 0.1) is 5.95 Å². The molecule has 0 aromatic heterocycles. The summed E-state index contributed by atoms with van der Waals surface area (Å²) in [7, 11) is 0. The molecule has 1 N–H and O–H groups in total. The molecule has 0 bridgehead atoms. The largest absolute Gasteiger partial charge is 1.00 e. The number of Topliss-reactive ketones (excluding diaryl/α,β-unsaturated/α-hetero) is 1. The van der Waals surface area contributed by atoms with E-state index in [-0.39, 0.29) is 42.4 Å². The predicted octanol–water partition coefficient (Wildman–Crippen LogP) is -1.03. The average Bonchev–Trinajstić information content (AvgIpc) is 2.30. The van der Waals surface area contributed by atoms with Crippen LogP contribution in [0, 0.1) is 0 Å². The summed E-state index contributed by atoms with van der Waals surface area (Å²) in [6, 6.07) is 4.29. The minimum Gasteiger partial charge on any atom is -0.613 e. The fraction of sp³-hybridized carbons (Fsp3) is 0.250. The molecule has 1 aromatic carbocycles. The number of phenols is 1. The number of ether oxygens (including phenoxy) is 1. The fourth-order valence-corrected chi connectivity index (χ4v) is 1.65. The van der Waals surface area contributed by atoms with Gasteiger partial charge in [0, 0.05) is 15.6 Å². The second-order valence-electron chi connectivity index (χ2n) is 3.34. The van der Waals surface area contributed by atoms with Crippen LogP contribution < -0.4 is 24.0 Å². The van der Waals surface area contributed by atoms with E-state index in [1.165, 1.54) is 19.1 Å². The minimum atomic E-state index is -0.646. The number of hydrogen-bond donors (Lipinski definition) is 1. The third-order valence-corrected chi connectivity index (χ3v) is 2.81. The number of carbonyl (C=O) groups is 1. The number of rotatable bonds is 4. The Morgan fingerprint density at radius 2 is 2.11 bits per heavy atom. The molecule has 0 aliphatic rings. The average molecular weight is 307 g/mol. The first-order valence-electron chi connectivity index (χ1n) is 5.01. The van der Waals surface area contributed by atoms with Crippen LogP contribution in [0.3, 0.4) is 0 Å². The van der Waals surface area contributed by atoms with Crippen molar-refractivity contribution in [2.24, 2.45) is 0 Å². The van der Waals surface area contributed by atoms with Gasteiger partial charge in [-0.3, -0.25) is 4.79 Å². The monoisotopic (exact) mass is 306 g/mol. The van der Waals surface area contributed by atoms with Crippen LogP contribution in [-0.4, -0.2) is 17.5 Å². The molecule has 6 heteroatoms. The first-order valence-corrected chi connectivity index (χ1v) is 5.80. The number of allylic oxidation sites excluding steroid dienone is 1. The molecule has 0 aliphatic carbocycles. The summed E-state index contributed by atoms with van der Waals surface area (Å²) in [5, 5.41) is 20.7. The molecule has 18 heavy (non-hydrogen) atoms. The molecule has 0 unspecified atom stereocenters. The summed E-state index contributed by atoms with van der Waals surface area (Å²) >= 11 is 3.19. The molecule has 1 aromatic rings. The zero-order valence-electron chi connectivity index (χ0n) is 10.5. The molecule has 92 valence electrons. The molecule has 0 saturated carbocycles. The number of aromatic hydroxyl groups is 1. The molecule has 4 nitrogen and oxygen atoms in total. The van der Waals surface area contributed by atoms with E-state index in [0.29, 0.717) is 4.47 Å². The first kappa shape index (κ1) is 17.1. The van der Waals surface area contributed by atoms with Crippen LogP contribution in [0.15, 0.2) is 34.2 Å².